The molecule has 0 atom stereocenters. The van der Waals surface area contributed by atoms with Crippen molar-refractivity contribution in [3.8, 4) is 17.3 Å². The lowest BCUT2D eigenvalue weighted by molar-refractivity contribution is -0.384. The molecule has 0 unspecified atom stereocenters. The van der Waals surface area contributed by atoms with Crippen LogP contribution in [0.1, 0.15) is 5.56 Å². The molecule has 2 aromatic carbocycles. The molecule has 9 nitrogen and oxygen atoms in total. The van der Waals surface area contributed by atoms with Crippen LogP contribution in [0, 0.1) is 21.4 Å². The Kier molecular flexibility index (Phi) is 4.17. The minimum atomic E-state index is -0.529. The van der Waals surface area contributed by atoms with Crippen molar-refractivity contribution in [1.82, 2.24) is 10.2 Å². The van der Waals surface area contributed by atoms with E-state index in [1.807, 2.05) is 6.07 Å². The van der Waals surface area contributed by atoms with Crippen LogP contribution in [0.2, 0.25) is 0 Å². The van der Waals surface area contributed by atoms with Gasteiger partial charge in [0.25, 0.3) is 11.2 Å². The van der Waals surface area contributed by atoms with Crippen molar-refractivity contribution in [2.45, 2.75) is 0 Å². The van der Waals surface area contributed by atoms with Crippen LogP contribution >= 0.6 is 0 Å². The Hall–Kier alpha value is -4.06. The maximum absolute atomic E-state index is 12.0. The van der Waals surface area contributed by atoms with E-state index in [0.29, 0.717) is 16.8 Å². The van der Waals surface area contributed by atoms with Gasteiger partial charge in [-0.3, -0.25) is 25.1 Å². The molecule has 0 aliphatic rings. The summed E-state index contributed by atoms with van der Waals surface area (Å²) in [6, 6.07) is 14.3. The first kappa shape index (κ1) is 15.8. The van der Waals surface area contributed by atoms with Gasteiger partial charge < -0.3 is 0 Å². The van der Waals surface area contributed by atoms with Crippen molar-refractivity contribution in [3.63, 3.8) is 0 Å². The molecule has 0 fully saturated rings. The molecule has 2 N–H and O–H groups in total. The Morgan fingerprint density at radius 1 is 1.08 bits per heavy atom. The predicted molar refractivity (Wildman–Crippen MR) is 88.8 cm³/mol. The number of nitro benzene ring substituents is 1. The van der Waals surface area contributed by atoms with Gasteiger partial charge in [0.1, 0.15) is 11.8 Å². The first-order valence-corrected chi connectivity index (χ1v) is 7.06. The van der Waals surface area contributed by atoms with E-state index in [-0.39, 0.29) is 17.1 Å². The molecule has 0 saturated heterocycles. The van der Waals surface area contributed by atoms with E-state index in [9.17, 15) is 14.9 Å². The quantitative estimate of drug-likeness (QED) is 0.427. The Morgan fingerprint density at radius 3 is 2.64 bits per heavy atom. The summed E-state index contributed by atoms with van der Waals surface area (Å²) < 4.78 is 0. The number of non-ortho nitro benzene ring substituents is 1. The van der Waals surface area contributed by atoms with E-state index < -0.39 is 10.5 Å². The number of nitrogens with zero attached hydrogens (tertiary/aromatic N) is 4. The van der Waals surface area contributed by atoms with Crippen molar-refractivity contribution >= 4 is 17.1 Å². The van der Waals surface area contributed by atoms with E-state index >= 15 is 0 Å². The minimum Gasteiger partial charge on any atom is -0.295 e. The van der Waals surface area contributed by atoms with Crippen LogP contribution < -0.4 is 5.56 Å². The summed E-state index contributed by atoms with van der Waals surface area (Å²) in [5.41, 5.74) is 0.637. The van der Waals surface area contributed by atoms with E-state index in [1.165, 1.54) is 18.2 Å². The first-order chi connectivity index (χ1) is 12.1. The molecule has 0 aliphatic heterocycles. The smallest absolute Gasteiger partial charge is 0.292 e. The Morgan fingerprint density at radius 2 is 1.88 bits per heavy atom. The van der Waals surface area contributed by atoms with Crippen LogP contribution in [-0.2, 0) is 0 Å². The van der Waals surface area contributed by atoms with E-state index in [1.54, 1.807) is 30.3 Å². The second kappa shape index (κ2) is 6.59. The number of rotatable bonds is 4. The van der Waals surface area contributed by atoms with Crippen LogP contribution in [0.5, 0.6) is 0 Å². The molecule has 9 heteroatoms. The molecule has 0 amide bonds. The van der Waals surface area contributed by atoms with Crippen LogP contribution in [0.3, 0.4) is 0 Å². The Bertz CT molecular complexity index is 1070. The molecule has 0 aliphatic carbocycles. The fraction of sp³-hybridized carbons (Fsp3) is 0. The number of H-pyrrole nitrogens is 2. The second-order valence-corrected chi connectivity index (χ2v) is 4.94. The number of hydrogen-bond acceptors (Lipinski definition) is 6. The van der Waals surface area contributed by atoms with Gasteiger partial charge in [0.05, 0.1) is 16.2 Å². The average Bonchev–Trinajstić information content (AvgIpc) is 3.01. The van der Waals surface area contributed by atoms with Crippen molar-refractivity contribution in [1.29, 1.82) is 5.26 Å². The molecular weight excluding hydrogens is 324 g/mol. The monoisotopic (exact) mass is 334 g/mol. The third-order valence-electron chi connectivity index (χ3n) is 3.38. The molecular formula is C16H10N6O3. The second-order valence-electron chi connectivity index (χ2n) is 4.94. The van der Waals surface area contributed by atoms with Crippen LogP contribution in [0.15, 0.2) is 63.6 Å². The summed E-state index contributed by atoms with van der Waals surface area (Å²) in [6.07, 6.45) is 0. The zero-order chi connectivity index (χ0) is 17.8. The van der Waals surface area contributed by atoms with E-state index in [0.717, 1.165) is 0 Å². The van der Waals surface area contributed by atoms with Gasteiger partial charge in [-0.05, 0) is 12.1 Å². The number of benzene rings is 2. The lowest BCUT2D eigenvalue weighted by Crippen LogP contribution is -1.96. The highest BCUT2D eigenvalue weighted by Gasteiger charge is 2.15. The van der Waals surface area contributed by atoms with Gasteiger partial charge in [0, 0.05) is 17.7 Å². The molecule has 1 aromatic heterocycles. The van der Waals surface area contributed by atoms with Crippen molar-refractivity contribution in [3.05, 3.63) is 74.6 Å². The van der Waals surface area contributed by atoms with Crippen LogP contribution in [-0.4, -0.2) is 15.1 Å². The summed E-state index contributed by atoms with van der Waals surface area (Å²) in [5, 5.41) is 32.9. The lowest BCUT2D eigenvalue weighted by Gasteiger charge is -1.99. The number of nitriles is 1. The fourth-order valence-electron chi connectivity index (χ4n) is 2.19. The van der Waals surface area contributed by atoms with E-state index in [4.69, 9.17) is 5.26 Å². The molecule has 3 aromatic rings. The van der Waals surface area contributed by atoms with Gasteiger partial charge >= 0.3 is 0 Å². The SMILES string of the molecule is N#Cc1ccccc1N=Nc1c(-c2cccc([N+](=O)[O-])c2)[nH][nH]c1=O. The number of hydrogen-bond donors (Lipinski definition) is 2. The molecule has 0 bridgehead atoms. The van der Waals surface area contributed by atoms with E-state index in [2.05, 4.69) is 20.4 Å². The third kappa shape index (κ3) is 3.18. The molecule has 0 radical (unpaired) electrons. The Balaban J connectivity index is 2.05. The number of aromatic nitrogens is 2. The van der Waals surface area contributed by atoms with Crippen LogP contribution in [0.25, 0.3) is 11.3 Å². The number of nitro groups is 1. The van der Waals surface area contributed by atoms with Gasteiger partial charge in [0.2, 0.25) is 0 Å². The zero-order valence-corrected chi connectivity index (χ0v) is 12.6. The Labute approximate surface area is 140 Å². The highest BCUT2D eigenvalue weighted by Crippen LogP contribution is 2.29. The van der Waals surface area contributed by atoms with Crippen molar-refractivity contribution in [2.24, 2.45) is 10.2 Å². The molecule has 122 valence electrons. The standard InChI is InChI=1S/C16H10N6O3/c17-9-11-4-1-2-7-13(11)18-20-15-14(19-21-16(15)23)10-5-3-6-12(8-10)22(24)25/h1-8H,(H2,19,21,23). The van der Waals surface area contributed by atoms with Gasteiger partial charge in [-0.25, -0.2) is 0 Å². The maximum Gasteiger partial charge on any atom is 0.292 e. The summed E-state index contributed by atoms with van der Waals surface area (Å²) in [5.74, 6) is 0. The first-order valence-electron chi connectivity index (χ1n) is 7.06. The summed E-state index contributed by atoms with van der Waals surface area (Å²) in [7, 11) is 0. The average molecular weight is 334 g/mol. The number of aromatic amines is 2. The zero-order valence-electron chi connectivity index (χ0n) is 12.6. The summed E-state index contributed by atoms with van der Waals surface area (Å²) in [4.78, 5) is 22.3. The summed E-state index contributed by atoms with van der Waals surface area (Å²) >= 11 is 0. The predicted octanol–water partition coefficient (Wildman–Crippen LogP) is 3.57. The molecule has 1 heterocycles. The fourth-order valence-corrected chi connectivity index (χ4v) is 2.19. The van der Waals surface area contributed by atoms with Crippen LogP contribution in [0.4, 0.5) is 17.1 Å². The normalized spacial score (nSPS) is 10.7. The van der Waals surface area contributed by atoms with Crippen molar-refractivity contribution < 1.29 is 4.92 Å². The van der Waals surface area contributed by atoms with Gasteiger partial charge in [-0.15, -0.1) is 10.2 Å². The highest BCUT2D eigenvalue weighted by atomic mass is 16.6. The van der Waals surface area contributed by atoms with Gasteiger partial charge in [0.15, 0.2) is 5.69 Å². The molecule has 25 heavy (non-hydrogen) atoms. The van der Waals surface area contributed by atoms with Gasteiger partial charge in [-0.2, -0.15) is 5.26 Å². The maximum atomic E-state index is 12.0. The number of nitrogens with one attached hydrogen (secondary N) is 2. The minimum absolute atomic E-state index is 0.0340. The summed E-state index contributed by atoms with van der Waals surface area (Å²) in [6.45, 7) is 0. The highest BCUT2D eigenvalue weighted by molar-refractivity contribution is 5.72. The number of azo groups is 1. The van der Waals surface area contributed by atoms with Gasteiger partial charge in [-0.1, -0.05) is 24.3 Å². The topological polar surface area (TPSA) is 140 Å². The molecule has 0 spiro atoms. The van der Waals surface area contributed by atoms with Crippen molar-refractivity contribution in [2.75, 3.05) is 0 Å². The third-order valence-corrected chi connectivity index (χ3v) is 3.38. The molecule has 0 saturated carbocycles. The lowest BCUT2D eigenvalue weighted by atomic mass is 10.1. The molecule has 3 rings (SSSR count). The largest absolute Gasteiger partial charge is 0.295 e.